The van der Waals surface area contributed by atoms with Gasteiger partial charge in [0.05, 0.1) is 29.7 Å². The van der Waals surface area contributed by atoms with Crippen LogP contribution in [0.25, 0.3) is 11.4 Å². The van der Waals surface area contributed by atoms with Crippen LogP contribution in [-0.2, 0) is 12.8 Å². The summed E-state index contributed by atoms with van der Waals surface area (Å²) in [6, 6.07) is 18.4. The van der Waals surface area contributed by atoms with Crippen molar-refractivity contribution in [1.29, 1.82) is 0 Å². The Morgan fingerprint density at radius 3 is 2.39 bits per heavy atom. The Hall–Kier alpha value is -4.44. The van der Waals surface area contributed by atoms with Crippen molar-refractivity contribution >= 4 is 23.2 Å². The summed E-state index contributed by atoms with van der Waals surface area (Å²) in [5.41, 5.74) is 1.93. The Kier molecular flexibility index (Phi) is 8.55. The first-order valence-corrected chi connectivity index (χ1v) is 12.1. The van der Waals surface area contributed by atoms with Gasteiger partial charge in [0.2, 0.25) is 11.7 Å². The Balaban J connectivity index is 1.49. The second-order valence-corrected chi connectivity index (χ2v) is 8.68. The van der Waals surface area contributed by atoms with Crippen LogP contribution in [0.2, 0.25) is 5.02 Å². The maximum Gasteiger partial charge on any atom is 0.269 e. The zero-order valence-electron chi connectivity index (χ0n) is 20.8. The van der Waals surface area contributed by atoms with Crippen molar-refractivity contribution in [2.75, 3.05) is 27.3 Å². The maximum absolute atomic E-state index is 13.4. The fraction of sp³-hybridized carbons (Fsp3) is 0.222. The van der Waals surface area contributed by atoms with E-state index in [9.17, 15) is 14.9 Å². The smallest absolute Gasteiger partial charge is 0.269 e. The van der Waals surface area contributed by atoms with Gasteiger partial charge in [0.15, 0.2) is 11.5 Å². The van der Waals surface area contributed by atoms with E-state index in [2.05, 4.69) is 10.1 Å². The highest BCUT2D eigenvalue weighted by Gasteiger charge is 2.20. The number of benzene rings is 3. The molecule has 0 unspecified atom stereocenters. The fourth-order valence-electron chi connectivity index (χ4n) is 3.86. The predicted molar refractivity (Wildman–Crippen MR) is 141 cm³/mol. The number of nitro benzene ring substituents is 1. The quantitative estimate of drug-likeness (QED) is 0.188. The standard InChI is InChI=1S/C27H25ClN4O6/c1-36-23-12-7-18(17-24(23)37-2)13-15-31(27(33)21-5-3-4-6-22(21)28)16-14-25-29-26(30-38-25)19-8-10-20(11-9-19)32(34)35/h3-12,17H,13-16H2,1-2H3. The van der Waals surface area contributed by atoms with Gasteiger partial charge in [-0.1, -0.05) is 35.0 Å². The molecule has 1 heterocycles. The van der Waals surface area contributed by atoms with Crippen LogP contribution in [-0.4, -0.2) is 53.2 Å². The van der Waals surface area contributed by atoms with Crippen LogP contribution >= 0.6 is 11.6 Å². The summed E-state index contributed by atoms with van der Waals surface area (Å²) in [6.45, 7) is 0.710. The van der Waals surface area contributed by atoms with Crippen molar-refractivity contribution in [3.63, 3.8) is 0 Å². The van der Waals surface area contributed by atoms with Crippen LogP contribution in [0.1, 0.15) is 21.8 Å². The number of aromatic nitrogens is 2. The number of hydrogen-bond donors (Lipinski definition) is 0. The van der Waals surface area contributed by atoms with Gasteiger partial charge in [0.1, 0.15) is 0 Å². The molecular weight excluding hydrogens is 512 g/mol. The van der Waals surface area contributed by atoms with Gasteiger partial charge in [0, 0.05) is 37.2 Å². The predicted octanol–water partition coefficient (Wildman–Crippen LogP) is 5.24. The zero-order chi connectivity index (χ0) is 27.1. The number of hydrogen-bond acceptors (Lipinski definition) is 8. The average molecular weight is 537 g/mol. The fourth-order valence-corrected chi connectivity index (χ4v) is 4.07. The number of carbonyl (C=O) groups excluding carboxylic acids is 1. The summed E-state index contributed by atoms with van der Waals surface area (Å²) in [5, 5.41) is 15.2. The summed E-state index contributed by atoms with van der Waals surface area (Å²) < 4.78 is 16.1. The van der Waals surface area contributed by atoms with Gasteiger partial charge in [-0.2, -0.15) is 4.98 Å². The lowest BCUT2D eigenvalue weighted by Gasteiger charge is -2.23. The van der Waals surface area contributed by atoms with E-state index in [1.165, 1.54) is 12.1 Å². The van der Waals surface area contributed by atoms with Crippen molar-refractivity contribution in [1.82, 2.24) is 15.0 Å². The molecule has 10 nitrogen and oxygen atoms in total. The van der Waals surface area contributed by atoms with Crippen LogP contribution in [0.4, 0.5) is 5.69 Å². The van der Waals surface area contributed by atoms with E-state index < -0.39 is 4.92 Å². The van der Waals surface area contributed by atoms with Crippen molar-refractivity contribution in [2.24, 2.45) is 0 Å². The molecule has 1 amide bonds. The molecule has 0 bridgehead atoms. The molecule has 1 aromatic heterocycles. The molecule has 0 atom stereocenters. The molecule has 3 aromatic carbocycles. The molecular formula is C27H25ClN4O6. The van der Waals surface area contributed by atoms with E-state index in [-0.39, 0.29) is 11.6 Å². The molecule has 0 fully saturated rings. The van der Waals surface area contributed by atoms with E-state index in [0.29, 0.717) is 65.3 Å². The molecule has 0 spiro atoms. The SMILES string of the molecule is COc1ccc(CCN(CCc2nc(-c3ccc([N+](=O)[O-])cc3)no2)C(=O)c2ccccc2Cl)cc1OC. The number of halogens is 1. The van der Waals surface area contributed by atoms with Gasteiger partial charge in [-0.25, -0.2) is 0 Å². The average Bonchev–Trinajstić information content (AvgIpc) is 3.42. The van der Waals surface area contributed by atoms with E-state index in [1.54, 1.807) is 55.5 Å². The number of amides is 1. The Bertz CT molecular complexity index is 1420. The molecule has 11 heteroatoms. The minimum atomic E-state index is -0.474. The molecule has 4 aromatic rings. The van der Waals surface area contributed by atoms with Gasteiger partial charge in [0.25, 0.3) is 11.6 Å². The number of methoxy groups -OCH3 is 2. The van der Waals surface area contributed by atoms with Crippen LogP contribution < -0.4 is 9.47 Å². The maximum atomic E-state index is 13.4. The highest BCUT2D eigenvalue weighted by atomic mass is 35.5. The van der Waals surface area contributed by atoms with Crippen LogP contribution in [0.3, 0.4) is 0 Å². The largest absolute Gasteiger partial charge is 0.493 e. The van der Waals surface area contributed by atoms with Crippen molar-refractivity contribution in [3.05, 3.63) is 98.9 Å². The highest BCUT2D eigenvalue weighted by Crippen LogP contribution is 2.28. The lowest BCUT2D eigenvalue weighted by molar-refractivity contribution is -0.384. The Morgan fingerprint density at radius 2 is 1.71 bits per heavy atom. The monoisotopic (exact) mass is 536 g/mol. The second-order valence-electron chi connectivity index (χ2n) is 8.28. The van der Waals surface area contributed by atoms with Crippen LogP contribution in [0.15, 0.2) is 71.3 Å². The third kappa shape index (κ3) is 6.27. The first-order chi connectivity index (χ1) is 18.4. The normalized spacial score (nSPS) is 10.7. The van der Waals surface area contributed by atoms with E-state index in [1.807, 2.05) is 18.2 Å². The molecule has 196 valence electrons. The van der Waals surface area contributed by atoms with Gasteiger partial charge in [-0.3, -0.25) is 14.9 Å². The summed E-state index contributed by atoms with van der Waals surface area (Å²) >= 11 is 6.31. The molecule has 0 aliphatic carbocycles. The molecule has 0 N–H and O–H groups in total. The zero-order valence-corrected chi connectivity index (χ0v) is 21.6. The second kappa shape index (κ2) is 12.2. The number of nitro groups is 1. The molecule has 0 aliphatic rings. The molecule has 0 saturated carbocycles. The van der Waals surface area contributed by atoms with Crippen LogP contribution in [0, 0.1) is 10.1 Å². The first kappa shape index (κ1) is 26.6. The molecule has 4 rings (SSSR count). The number of carbonyl (C=O) groups is 1. The lowest BCUT2D eigenvalue weighted by atomic mass is 10.1. The van der Waals surface area contributed by atoms with Gasteiger partial charge in [-0.15, -0.1) is 0 Å². The Labute approximate surface area is 223 Å². The van der Waals surface area contributed by atoms with Gasteiger partial charge in [-0.05, 0) is 48.4 Å². The first-order valence-electron chi connectivity index (χ1n) is 11.7. The highest BCUT2D eigenvalue weighted by molar-refractivity contribution is 6.33. The van der Waals surface area contributed by atoms with Crippen LogP contribution in [0.5, 0.6) is 11.5 Å². The lowest BCUT2D eigenvalue weighted by Crippen LogP contribution is -2.35. The summed E-state index contributed by atoms with van der Waals surface area (Å²) in [4.78, 5) is 29.9. The molecule has 38 heavy (non-hydrogen) atoms. The summed E-state index contributed by atoms with van der Waals surface area (Å²) in [6.07, 6.45) is 0.872. The van der Waals surface area contributed by atoms with Gasteiger partial charge >= 0.3 is 0 Å². The topological polar surface area (TPSA) is 121 Å². The third-order valence-electron chi connectivity index (χ3n) is 5.91. The van der Waals surface area contributed by atoms with E-state index >= 15 is 0 Å². The Morgan fingerprint density at radius 1 is 1.00 bits per heavy atom. The van der Waals surface area contributed by atoms with E-state index in [0.717, 1.165) is 5.56 Å². The third-order valence-corrected chi connectivity index (χ3v) is 6.24. The van der Waals surface area contributed by atoms with Crippen molar-refractivity contribution in [2.45, 2.75) is 12.8 Å². The number of nitrogens with zero attached hydrogens (tertiary/aromatic N) is 4. The summed E-state index contributed by atoms with van der Waals surface area (Å²) in [7, 11) is 3.15. The molecule has 0 saturated heterocycles. The van der Waals surface area contributed by atoms with Crippen molar-refractivity contribution in [3.8, 4) is 22.9 Å². The minimum Gasteiger partial charge on any atom is -0.493 e. The molecule has 0 radical (unpaired) electrons. The number of rotatable bonds is 11. The number of ether oxygens (including phenoxy) is 2. The number of non-ortho nitro benzene ring substituents is 1. The van der Waals surface area contributed by atoms with E-state index in [4.69, 9.17) is 25.6 Å². The molecule has 0 aliphatic heterocycles. The summed E-state index contributed by atoms with van der Waals surface area (Å²) in [5.74, 6) is 1.66. The minimum absolute atomic E-state index is 0.0272. The van der Waals surface area contributed by atoms with Crippen molar-refractivity contribution < 1.29 is 23.7 Å². The van der Waals surface area contributed by atoms with Gasteiger partial charge < -0.3 is 18.9 Å².